The molecule has 0 saturated heterocycles. The van der Waals surface area contributed by atoms with Crippen molar-refractivity contribution in [3.05, 3.63) is 73.3 Å². The molecule has 3 aromatic rings. The van der Waals surface area contributed by atoms with Crippen LogP contribution in [0.2, 0.25) is 0 Å². The fourth-order valence-corrected chi connectivity index (χ4v) is 2.03. The van der Waals surface area contributed by atoms with Crippen molar-refractivity contribution in [3.8, 4) is 0 Å². The molecule has 0 spiro atoms. The van der Waals surface area contributed by atoms with Crippen molar-refractivity contribution >= 4 is 29.2 Å². The summed E-state index contributed by atoms with van der Waals surface area (Å²) in [4.78, 5) is 13.2. The molecule has 0 fully saturated rings. The van der Waals surface area contributed by atoms with Crippen LogP contribution in [-0.2, 0) is 0 Å². The summed E-state index contributed by atoms with van der Waals surface area (Å²) in [7, 11) is 0. The van der Waals surface area contributed by atoms with Crippen molar-refractivity contribution in [2.75, 3.05) is 22.5 Å². The molecule has 0 aliphatic rings. The van der Waals surface area contributed by atoms with E-state index in [1.54, 1.807) is 6.08 Å². The zero-order valence-corrected chi connectivity index (χ0v) is 13.1. The summed E-state index contributed by atoms with van der Waals surface area (Å²) in [6.45, 7) is 4.26. The predicted molar refractivity (Wildman–Crippen MR) is 98.0 cm³/mol. The smallest absolute Gasteiger partial charge is 0.233 e. The Morgan fingerprint density at radius 1 is 0.708 bits per heavy atom. The second kappa shape index (κ2) is 7.73. The average Bonchev–Trinajstić information content (AvgIpc) is 2.61. The van der Waals surface area contributed by atoms with Gasteiger partial charge in [-0.3, -0.25) is 0 Å². The van der Waals surface area contributed by atoms with Gasteiger partial charge >= 0.3 is 0 Å². The highest BCUT2D eigenvalue weighted by Crippen LogP contribution is 2.18. The van der Waals surface area contributed by atoms with Gasteiger partial charge < -0.3 is 16.0 Å². The van der Waals surface area contributed by atoms with Crippen LogP contribution in [0.15, 0.2) is 73.3 Å². The maximum absolute atomic E-state index is 4.42. The Kier molecular flexibility index (Phi) is 4.99. The van der Waals surface area contributed by atoms with E-state index in [2.05, 4.69) is 37.5 Å². The van der Waals surface area contributed by atoms with Gasteiger partial charge in [0, 0.05) is 17.9 Å². The minimum absolute atomic E-state index is 0.459. The van der Waals surface area contributed by atoms with Gasteiger partial charge in [-0.25, -0.2) is 0 Å². The summed E-state index contributed by atoms with van der Waals surface area (Å²) in [6.07, 6.45) is 1.75. The molecular formula is C18H18N6. The van der Waals surface area contributed by atoms with Gasteiger partial charge in [-0.15, -0.1) is 6.58 Å². The first-order chi connectivity index (χ1) is 11.8. The Hall–Kier alpha value is -3.41. The quantitative estimate of drug-likeness (QED) is 0.573. The molecule has 6 heteroatoms. The van der Waals surface area contributed by atoms with Gasteiger partial charge in [0.25, 0.3) is 0 Å². The molecule has 0 unspecified atom stereocenters. The van der Waals surface area contributed by atoms with Crippen LogP contribution in [0, 0.1) is 0 Å². The van der Waals surface area contributed by atoms with Gasteiger partial charge in [-0.2, -0.15) is 15.0 Å². The lowest BCUT2D eigenvalue weighted by molar-refractivity contribution is 1.04. The van der Waals surface area contributed by atoms with Crippen LogP contribution in [0.1, 0.15) is 0 Å². The summed E-state index contributed by atoms with van der Waals surface area (Å²) in [5.74, 6) is 1.39. The van der Waals surface area contributed by atoms with Crippen molar-refractivity contribution in [1.29, 1.82) is 0 Å². The highest BCUT2D eigenvalue weighted by Gasteiger charge is 2.07. The summed E-state index contributed by atoms with van der Waals surface area (Å²) in [5, 5.41) is 9.44. The largest absolute Gasteiger partial charge is 0.351 e. The third kappa shape index (κ3) is 4.30. The van der Waals surface area contributed by atoms with Gasteiger partial charge in [0.05, 0.1) is 0 Å². The molecule has 24 heavy (non-hydrogen) atoms. The molecule has 0 atom stereocenters. The third-order valence-electron chi connectivity index (χ3n) is 3.10. The standard InChI is InChI=1S/C18H18N6/c1-2-13-19-16-22-17(20-14-9-5-3-6-10-14)24-18(23-16)21-15-11-7-4-8-12-15/h2-12H,1,13H2,(H3,19,20,21,22,23,24). The first kappa shape index (κ1) is 15.5. The van der Waals surface area contributed by atoms with E-state index in [1.165, 1.54) is 0 Å². The van der Waals surface area contributed by atoms with Crippen molar-refractivity contribution in [3.63, 3.8) is 0 Å². The van der Waals surface area contributed by atoms with Gasteiger partial charge in [0.1, 0.15) is 0 Å². The van der Waals surface area contributed by atoms with E-state index in [-0.39, 0.29) is 0 Å². The predicted octanol–water partition coefficient (Wildman–Crippen LogP) is 3.96. The second-order valence-electron chi connectivity index (χ2n) is 4.96. The molecule has 0 bridgehead atoms. The minimum atomic E-state index is 0.459. The monoisotopic (exact) mass is 318 g/mol. The zero-order valence-electron chi connectivity index (χ0n) is 13.1. The number of aromatic nitrogens is 3. The molecular weight excluding hydrogens is 300 g/mol. The number of anilines is 5. The normalized spacial score (nSPS) is 10.0. The molecule has 6 nitrogen and oxygen atoms in total. The van der Waals surface area contributed by atoms with E-state index < -0.39 is 0 Å². The lowest BCUT2D eigenvalue weighted by atomic mass is 10.3. The molecule has 0 aliphatic carbocycles. The Labute approximate surface area is 140 Å². The van der Waals surface area contributed by atoms with E-state index in [9.17, 15) is 0 Å². The topological polar surface area (TPSA) is 74.8 Å². The average molecular weight is 318 g/mol. The van der Waals surface area contributed by atoms with Crippen LogP contribution >= 0.6 is 0 Å². The SMILES string of the molecule is C=CCNc1nc(Nc2ccccc2)nc(Nc2ccccc2)n1. The van der Waals surface area contributed by atoms with Crippen LogP contribution < -0.4 is 16.0 Å². The maximum Gasteiger partial charge on any atom is 0.233 e. The van der Waals surface area contributed by atoms with E-state index >= 15 is 0 Å². The fourth-order valence-electron chi connectivity index (χ4n) is 2.03. The lowest BCUT2D eigenvalue weighted by Crippen LogP contribution is -2.09. The summed E-state index contributed by atoms with van der Waals surface area (Å²) in [5.41, 5.74) is 1.81. The number of para-hydroxylation sites is 2. The molecule has 3 N–H and O–H groups in total. The van der Waals surface area contributed by atoms with Crippen LogP contribution in [0.5, 0.6) is 0 Å². The Morgan fingerprint density at radius 3 is 1.62 bits per heavy atom. The number of rotatable bonds is 7. The molecule has 2 aromatic carbocycles. The van der Waals surface area contributed by atoms with Crippen molar-refractivity contribution in [1.82, 2.24) is 15.0 Å². The molecule has 120 valence electrons. The third-order valence-corrected chi connectivity index (χ3v) is 3.10. The maximum atomic E-state index is 4.42. The van der Waals surface area contributed by atoms with Gasteiger partial charge in [-0.1, -0.05) is 42.5 Å². The molecule has 0 aliphatic heterocycles. The van der Waals surface area contributed by atoms with Crippen LogP contribution in [0.3, 0.4) is 0 Å². The Bertz CT molecular complexity index is 729. The highest BCUT2D eigenvalue weighted by molar-refractivity contribution is 5.58. The number of hydrogen-bond donors (Lipinski definition) is 3. The number of benzene rings is 2. The summed E-state index contributed by atoms with van der Waals surface area (Å²) in [6, 6.07) is 19.5. The first-order valence-corrected chi connectivity index (χ1v) is 7.58. The van der Waals surface area contributed by atoms with E-state index in [4.69, 9.17) is 0 Å². The van der Waals surface area contributed by atoms with Crippen LogP contribution in [0.25, 0.3) is 0 Å². The first-order valence-electron chi connectivity index (χ1n) is 7.58. The highest BCUT2D eigenvalue weighted by atomic mass is 15.3. The second-order valence-corrected chi connectivity index (χ2v) is 4.96. The molecule has 1 heterocycles. The van der Waals surface area contributed by atoms with E-state index in [0.29, 0.717) is 24.4 Å². The number of nitrogens with one attached hydrogen (secondary N) is 3. The molecule has 3 rings (SSSR count). The van der Waals surface area contributed by atoms with E-state index in [1.807, 2.05) is 60.7 Å². The van der Waals surface area contributed by atoms with Crippen LogP contribution in [0.4, 0.5) is 29.2 Å². The number of nitrogens with zero attached hydrogens (tertiary/aromatic N) is 3. The van der Waals surface area contributed by atoms with E-state index in [0.717, 1.165) is 11.4 Å². The lowest BCUT2D eigenvalue weighted by Gasteiger charge is -2.10. The van der Waals surface area contributed by atoms with Crippen molar-refractivity contribution < 1.29 is 0 Å². The summed E-state index contributed by atoms with van der Waals surface area (Å²) >= 11 is 0. The molecule has 0 amide bonds. The zero-order chi connectivity index (χ0) is 16.6. The molecule has 0 saturated carbocycles. The molecule has 0 radical (unpaired) electrons. The van der Waals surface area contributed by atoms with Gasteiger partial charge in [-0.05, 0) is 24.3 Å². The van der Waals surface area contributed by atoms with Gasteiger partial charge in [0.2, 0.25) is 17.8 Å². The van der Waals surface area contributed by atoms with Crippen LogP contribution in [-0.4, -0.2) is 21.5 Å². The minimum Gasteiger partial charge on any atom is -0.351 e. The van der Waals surface area contributed by atoms with Crippen molar-refractivity contribution in [2.24, 2.45) is 0 Å². The summed E-state index contributed by atoms with van der Waals surface area (Å²) < 4.78 is 0. The van der Waals surface area contributed by atoms with Gasteiger partial charge in [0.15, 0.2) is 0 Å². The Balaban J connectivity index is 1.86. The fraction of sp³-hybridized carbons (Fsp3) is 0.0556. The molecule has 1 aromatic heterocycles. The van der Waals surface area contributed by atoms with Crippen molar-refractivity contribution in [2.45, 2.75) is 0 Å². The Morgan fingerprint density at radius 2 is 1.17 bits per heavy atom. The number of hydrogen-bond acceptors (Lipinski definition) is 6.